The Morgan fingerprint density at radius 2 is 2.00 bits per heavy atom. The molecule has 5 nitrogen and oxygen atoms in total. The van der Waals surface area contributed by atoms with E-state index in [2.05, 4.69) is 9.97 Å². The first-order valence-corrected chi connectivity index (χ1v) is 5.49. The number of aromatic nitrogens is 2. The maximum atomic E-state index is 11.9. The maximum absolute atomic E-state index is 11.9. The number of nitrogens with zero attached hydrogens (tertiary/aromatic N) is 3. The van der Waals surface area contributed by atoms with E-state index in [4.69, 9.17) is 4.74 Å². The first-order chi connectivity index (χ1) is 7.81. The summed E-state index contributed by atoms with van der Waals surface area (Å²) in [5.74, 6) is 0.171. The van der Waals surface area contributed by atoms with E-state index in [9.17, 15) is 4.79 Å². The molecule has 0 unspecified atom stereocenters. The van der Waals surface area contributed by atoms with E-state index in [1.54, 1.807) is 17.3 Å². The van der Waals surface area contributed by atoms with Crippen LogP contribution in [-0.4, -0.2) is 47.1 Å². The van der Waals surface area contributed by atoms with Crippen LogP contribution in [0.3, 0.4) is 0 Å². The fourth-order valence-corrected chi connectivity index (χ4v) is 1.56. The Hall–Kier alpha value is -1.49. The summed E-state index contributed by atoms with van der Waals surface area (Å²) in [6.07, 6.45) is 4.30. The lowest BCUT2D eigenvalue weighted by Crippen LogP contribution is -2.41. The van der Waals surface area contributed by atoms with Gasteiger partial charge < -0.3 is 9.64 Å². The third kappa shape index (κ3) is 2.36. The zero-order valence-electron chi connectivity index (χ0n) is 9.35. The van der Waals surface area contributed by atoms with Crippen LogP contribution in [0.15, 0.2) is 12.4 Å². The first-order valence-electron chi connectivity index (χ1n) is 5.49. The Kier molecular flexibility index (Phi) is 3.46. The number of ether oxygens (including phenoxy) is 1. The van der Waals surface area contributed by atoms with Crippen LogP contribution in [0.5, 0.6) is 0 Å². The number of carbonyl (C=O) groups is 1. The summed E-state index contributed by atoms with van der Waals surface area (Å²) in [7, 11) is 0. The summed E-state index contributed by atoms with van der Waals surface area (Å²) in [5.41, 5.74) is 1.04. The molecule has 1 aliphatic heterocycles. The molecule has 5 heteroatoms. The van der Waals surface area contributed by atoms with E-state index >= 15 is 0 Å². The van der Waals surface area contributed by atoms with Gasteiger partial charge in [0.2, 0.25) is 5.82 Å². The molecule has 1 saturated heterocycles. The number of aryl methyl sites for hydroxylation is 1. The van der Waals surface area contributed by atoms with Crippen LogP contribution in [0.1, 0.15) is 23.1 Å². The van der Waals surface area contributed by atoms with Crippen LogP contribution in [0.4, 0.5) is 0 Å². The van der Waals surface area contributed by atoms with Crippen molar-refractivity contribution in [3.63, 3.8) is 0 Å². The van der Waals surface area contributed by atoms with Gasteiger partial charge in [-0.2, -0.15) is 0 Å². The Balaban J connectivity index is 2.07. The predicted molar refractivity (Wildman–Crippen MR) is 58.1 cm³/mol. The van der Waals surface area contributed by atoms with Crippen LogP contribution >= 0.6 is 0 Å². The van der Waals surface area contributed by atoms with Gasteiger partial charge in [0, 0.05) is 25.5 Å². The number of hydrogen-bond donors (Lipinski definition) is 0. The average Bonchev–Trinajstić information content (AvgIpc) is 2.39. The topological polar surface area (TPSA) is 55.3 Å². The van der Waals surface area contributed by atoms with E-state index in [-0.39, 0.29) is 11.7 Å². The average molecular weight is 221 g/mol. The molecular weight excluding hydrogens is 206 g/mol. The lowest BCUT2D eigenvalue weighted by Gasteiger charge is -2.25. The monoisotopic (exact) mass is 221 g/mol. The van der Waals surface area contributed by atoms with Gasteiger partial charge in [0.1, 0.15) is 0 Å². The van der Waals surface area contributed by atoms with E-state index < -0.39 is 0 Å². The molecule has 0 aromatic carbocycles. The highest BCUT2D eigenvalue weighted by molar-refractivity contribution is 5.90. The lowest BCUT2D eigenvalue weighted by atomic mass is 10.3. The Bertz CT molecular complexity index is 358. The van der Waals surface area contributed by atoms with E-state index in [0.717, 1.165) is 12.0 Å². The minimum atomic E-state index is -0.106. The maximum Gasteiger partial charge on any atom is 0.291 e. The molecule has 0 aliphatic carbocycles. The number of hydrogen-bond acceptors (Lipinski definition) is 4. The molecule has 1 aliphatic rings. The minimum Gasteiger partial charge on any atom is -0.378 e. The van der Waals surface area contributed by atoms with Crippen molar-refractivity contribution in [2.45, 2.75) is 13.3 Å². The molecule has 86 valence electrons. The largest absolute Gasteiger partial charge is 0.378 e. The Morgan fingerprint density at radius 1 is 1.38 bits per heavy atom. The van der Waals surface area contributed by atoms with Crippen molar-refractivity contribution < 1.29 is 9.53 Å². The predicted octanol–water partition coefficient (Wildman–Crippen LogP) is 0.511. The smallest absolute Gasteiger partial charge is 0.291 e. The summed E-state index contributed by atoms with van der Waals surface area (Å²) in [6.45, 7) is 4.47. The molecule has 2 rings (SSSR count). The highest BCUT2D eigenvalue weighted by atomic mass is 16.5. The van der Waals surface area contributed by atoms with Crippen LogP contribution in [0, 0.1) is 0 Å². The van der Waals surface area contributed by atoms with Gasteiger partial charge in [0.15, 0.2) is 0 Å². The molecular formula is C11H15N3O2. The third-order valence-corrected chi connectivity index (χ3v) is 2.60. The summed E-state index contributed by atoms with van der Waals surface area (Å²) < 4.78 is 5.19. The van der Waals surface area contributed by atoms with Gasteiger partial charge >= 0.3 is 0 Å². The van der Waals surface area contributed by atoms with Crippen LogP contribution in [-0.2, 0) is 11.2 Å². The Morgan fingerprint density at radius 3 is 2.56 bits per heavy atom. The van der Waals surface area contributed by atoms with Gasteiger partial charge in [0.25, 0.3) is 5.91 Å². The van der Waals surface area contributed by atoms with Gasteiger partial charge in [-0.3, -0.25) is 4.79 Å². The lowest BCUT2D eigenvalue weighted by molar-refractivity contribution is 0.0294. The van der Waals surface area contributed by atoms with Crippen molar-refractivity contribution >= 4 is 5.91 Å². The SMILES string of the molecule is CCc1cnc(C(=O)N2CCOCC2)nc1. The fraction of sp³-hybridized carbons (Fsp3) is 0.545. The third-order valence-electron chi connectivity index (χ3n) is 2.60. The molecule has 0 bridgehead atoms. The molecule has 2 heterocycles. The van der Waals surface area contributed by atoms with Crippen molar-refractivity contribution in [1.82, 2.24) is 14.9 Å². The minimum absolute atomic E-state index is 0.106. The standard InChI is InChI=1S/C11H15N3O2/c1-2-9-7-12-10(13-8-9)11(15)14-3-5-16-6-4-14/h7-8H,2-6H2,1H3. The second-order valence-electron chi connectivity index (χ2n) is 3.67. The number of amides is 1. The number of morpholine rings is 1. The van der Waals surface area contributed by atoms with E-state index in [1.807, 2.05) is 6.92 Å². The zero-order valence-corrected chi connectivity index (χ0v) is 9.35. The summed E-state index contributed by atoms with van der Waals surface area (Å²) >= 11 is 0. The first kappa shape index (κ1) is 11.0. The van der Waals surface area contributed by atoms with Crippen LogP contribution < -0.4 is 0 Å². The number of rotatable bonds is 2. The van der Waals surface area contributed by atoms with Crippen LogP contribution in [0.2, 0.25) is 0 Å². The van der Waals surface area contributed by atoms with Gasteiger partial charge in [-0.15, -0.1) is 0 Å². The van der Waals surface area contributed by atoms with Crippen molar-refractivity contribution in [2.24, 2.45) is 0 Å². The molecule has 0 radical (unpaired) electrons. The molecule has 16 heavy (non-hydrogen) atoms. The normalized spacial score (nSPS) is 16.2. The quantitative estimate of drug-likeness (QED) is 0.730. The van der Waals surface area contributed by atoms with Crippen molar-refractivity contribution in [2.75, 3.05) is 26.3 Å². The highest BCUT2D eigenvalue weighted by Gasteiger charge is 2.20. The second kappa shape index (κ2) is 5.03. The molecule has 1 aromatic heterocycles. The molecule has 1 amide bonds. The van der Waals surface area contributed by atoms with Gasteiger partial charge in [0.05, 0.1) is 13.2 Å². The molecule has 0 spiro atoms. The Labute approximate surface area is 94.5 Å². The molecule has 1 aromatic rings. The van der Waals surface area contributed by atoms with E-state index in [0.29, 0.717) is 26.3 Å². The summed E-state index contributed by atoms with van der Waals surface area (Å²) in [6, 6.07) is 0. The van der Waals surface area contributed by atoms with Crippen LogP contribution in [0.25, 0.3) is 0 Å². The van der Waals surface area contributed by atoms with Crippen molar-refractivity contribution in [1.29, 1.82) is 0 Å². The summed E-state index contributed by atoms with van der Waals surface area (Å²) in [4.78, 5) is 21.8. The molecule has 0 saturated carbocycles. The molecule has 0 N–H and O–H groups in total. The van der Waals surface area contributed by atoms with Gasteiger partial charge in [-0.1, -0.05) is 6.92 Å². The highest BCUT2D eigenvalue weighted by Crippen LogP contribution is 2.04. The molecule has 1 fully saturated rings. The molecule has 0 atom stereocenters. The number of carbonyl (C=O) groups excluding carboxylic acids is 1. The zero-order chi connectivity index (χ0) is 11.4. The van der Waals surface area contributed by atoms with Crippen molar-refractivity contribution in [3.8, 4) is 0 Å². The fourth-order valence-electron chi connectivity index (χ4n) is 1.56. The van der Waals surface area contributed by atoms with Crippen molar-refractivity contribution in [3.05, 3.63) is 23.8 Å². The van der Waals surface area contributed by atoms with Gasteiger partial charge in [-0.05, 0) is 12.0 Å². The second-order valence-corrected chi connectivity index (χ2v) is 3.67. The van der Waals surface area contributed by atoms with E-state index in [1.165, 1.54) is 0 Å². The summed E-state index contributed by atoms with van der Waals surface area (Å²) in [5, 5.41) is 0. The van der Waals surface area contributed by atoms with Gasteiger partial charge in [-0.25, -0.2) is 9.97 Å².